The molecule has 2 aromatic carbocycles. The van der Waals surface area contributed by atoms with E-state index >= 15 is 0 Å². The molecule has 1 saturated heterocycles. The first-order chi connectivity index (χ1) is 17.9. The van der Waals surface area contributed by atoms with E-state index in [0.717, 1.165) is 28.5 Å². The minimum Gasteiger partial charge on any atom is -0.373 e. The number of amides is 2. The molecular weight excluding hydrogens is 492 g/mol. The zero-order chi connectivity index (χ0) is 25.6. The molecule has 4 heterocycles. The molecule has 0 aliphatic carbocycles. The van der Waals surface area contributed by atoms with Gasteiger partial charge in [0.05, 0.1) is 32.1 Å². The largest absolute Gasteiger partial charge is 0.373 e. The van der Waals surface area contributed by atoms with E-state index in [9.17, 15) is 14.4 Å². The molecule has 4 aromatic rings. The van der Waals surface area contributed by atoms with Crippen LogP contribution in [0.1, 0.15) is 27.9 Å². The van der Waals surface area contributed by atoms with Crippen LogP contribution in [-0.2, 0) is 33.5 Å². The Kier molecular flexibility index (Phi) is 5.86. The average Bonchev–Trinajstić information content (AvgIpc) is 3.36. The number of fused-ring (bicyclic) bond motifs is 3. The second-order valence-corrected chi connectivity index (χ2v) is 10.1. The number of nitrogens with zero attached hydrogens (tertiary/aromatic N) is 2. The van der Waals surface area contributed by atoms with Gasteiger partial charge in [0.15, 0.2) is 5.13 Å². The smallest absolute Gasteiger partial charge is 0.258 e. The summed E-state index contributed by atoms with van der Waals surface area (Å²) in [5.74, 6) is -0.719. The molecule has 37 heavy (non-hydrogen) atoms. The fraction of sp³-hybridized carbons (Fsp3) is 0.259. The van der Waals surface area contributed by atoms with Crippen LogP contribution in [0.15, 0.2) is 58.8 Å². The maximum atomic E-state index is 12.7. The summed E-state index contributed by atoms with van der Waals surface area (Å²) in [6.45, 7) is 1.47. The van der Waals surface area contributed by atoms with Gasteiger partial charge < -0.3 is 24.7 Å². The fourth-order valence-corrected chi connectivity index (χ4v) is 5.47. The minimum atomic E-state index is -0.457. The molecular formula is C27H24N4O5S. The summed E-state index contributed by atoms with van der Waals surface area (Å²) in [7, 11) is 1.71. The van der Waals surface area contributed by atoms with Crippen molar-refractivity contribution in [1.82, 2.24) is 14.9 Å². The van der Waals surface area contributed by atoms with Crippen LogP contribution in [0, 0.1) is 0 Å². The Bertz CT molecular complexity index is 1600. The number of anilines is 1. The number of rotatable bonds is 5. The van der Waals surface area contributed by atoms with Crippen molar-refractivity contribution in [1.29, 1.82) is 0 Å². The standard InChI is InChI=1S/C27H24N4O5S/c1-31-8-6-16-2-3-17(10-20(16)25(31)34)22-14-37-26(29-22)30-23(32)12-28-24(33)18-4-5-19-13-35-15-27(7-9-36-27)21(19)11-18/h2-6,8,10-11,14H,7,9,12-13,15H2,1H3,(H,28,33)(H,29,30,32). The van der Waals surface area contributed by atoms with Crippen LogP contribution in [-0.4, -0.2) is 41.1 Å². The highest BCUT2D eigenvalue weighted by Gasteiger charge is 2.44. The van der Waals surface area contributed by atoms with Crippen LogP contribution in [0.4, 0.5) is 5.13 Å². The van der Waals surface area contributed by atoms with Crippen LogP contribution in [0.3, 0.4) is 0 Å². The van der Waals surface area contributed by atoms with Crippen molar-refractivity contribution in [2.45, 2.75) is 18.6 Å². The number of aryl methyl sites for hydroxylation is 1. The molecule has 10 heteroatoms. The summed E-state index contributed by atoms with van der Waals surface area (Å²) in [4.78, 5) is 42.2. The third-order valence-electron chi connectivity index (χ3n) is 6.88. The Morgan fingerprint density at radius 3 is 2.86 bits per heavy atom. The van der Waals surface area contributed by atoms with Gasteiger partial charge in [-0.05, 0) is 40.8 Å². The summed E-state index contributed by atoms with van der Waals surface area (Å²) >= 11 is 1.28. The lowest BCUT2D eigenvalue weighted by atomic mass is 9.82. The first-order valence-electron chi connectivity index (χ1n) is 11.9. The second-order valence-electron chi connectivity index (χ2n) is 9.26. The Morgan fingerprint density at radius 2 is 2.05 bits per heavy atom. The molecule has 2 amide bonds. The van der Waals surface area contributed by atoms with Gasteiger partial charge in [0, 0.05) is 41.6 Å². The molecule has 0 bridgehead atoms. The first kappa shape index (κ1) is 23.5. The van der Waals surface area contributed by atoms with E-state index in [0.29, 0.717) is 41.6 Å². The molecule has 2 aliphatic heterocycles. The average molecular weight is 517 g/mol. The molecule has 0 saturated carbocycles. The fourth-order valence-electron chi connectivity index (χ4n) is 4.73. The maximum absolute atomic E-state index is 12.7. The van der Waals surface area contributed by atoms with Crippen molar-refractivity contribution < 1.29 is 19.1 Å². The van der Waals surface area contributed by atoms with E-state index in [-0.39, 0.29) is 23.9 Å². The molecule has 1 atom stereocenters. The minimum absolute atomic E-state index is 0.0820. The molecule has 188 valence electrons. The molecule has 1 fully saturated rings. The zero-order valence-corrected chi connectivity index (χ0v) is 20.9. The monoisotopic (exact) mass is 516 g/mol. The first-order valence-corrected chi connectivity index (χ1v) is 12.8. The van der Waals surface area contributed by atoms with Crippen LogP contribution in [0.5, 0.6) is 0 Å². The molecule has 0 radical (unpaired) electrons. The molecule has 9 nitrogen and oxygen atoms in total. The number of carbonyl (C=O) groups is 2. The van der Waals surface area contributed by atoms with Crippen molar-refractivity contribution in [2.24, 2.45) is 7.05 Å². The second kappa shape index (κ2) is 9.22. The molecule has 1 spiro atoms. The lowest BCUT2D eigenvalue weighted by molar-refractivity contribution is -0.199. The highest BCUT2D eigenvalue weighted by Crippen LogP contribution is 2.42. The van der Waals surface area contributed by atoms with E-state index in [2.05, 4.69) is 15.6 Å². The van der Waals surface area contributed by atoms with Gasteiger partial charge in [0.25, 0.3) is 11.5 Å². The van der Waals surface area contributed by atoms with Crippen LogP contribution >= 0.6 is 11.3 Å². The van der Waals surface area contributed by atoms with E-state index in [1.807, 2.05) is 41.8 Å². The number of carbonyl (C=O) groups excluding carboxylic acids is 2. The zero-order valence-electron chi connectivity index (χ0n) is 20.1. The summed E-state index contributed by atoms with van der Waals surface area (Å²) in [6, 6.07) is 12.9. The number of thiazole rings is 1. The number of ether oxygens (including phenoxy) is 2. The third-order valence-corrected chi connectivity index (χ3v) is 7.64. The lowest BCUT2D eigenvalue weighted by Gasteiger charge is -2.45. The molecule has 6 rings (SSSR count). The molecule has 2 N–H and O–H groups in total. The number of hydrogen-bond donors (Lipinski definition) is 2. The van der Waals surface area contributed by atoms with Crippen LogP contribution in [0.2, 0.25) is 0 Å². The van der Waals surface area contributed by atoms with Gasteiger partial charge in [0.2, 0.25) is 5.91 Å². The van der Waals surface area contributed by atoms with Gasteiger partial charge in [-0.15, -0.1) is 11.3 Å². The van der Waals surface area contributed by atoms with Gasteiger partial charge in [-0.2, -0.15) is 0 Å². The topological polar surface area (TPSA) is 112 Å². The number of aromatic nitrogens is 2. The summed E-state index contributed by atoms with van der Waals surface area (Å²) < 4.78 is 13.0. The van der Waals surface area contributed by atoms with Gasteiger partial charge in [-0.3, -0.25) is 14.4 Å². The number of pyridine rings is 1. The highest BCUT2D eigenvalue weighted by molar-refractivity contribution is 7.14. The number of benzene rings is 2. The quantitative estimate of drug-likeness (QED) is 0.422. The normalized spacial score (nSPS) is 18.3. The lowest BCUT2D eigenvalue weighted by Crippen LogP contribution is -2.47. The van der Waals surface area contributed by atoms with Crippen molar-refractivity contribution >= 4 is 39.1 Å². The van der Waals surface area contributed by atoms with Gasteiger partial charge in [-0.25, -0.2) is 4.98 Å². The third kappa shape index (κ3) is 4.33. The van der Waals surface area contributed by atoms with Crippen molar-refractivity contribution in [3.05, 3.63) is 81.1 Å². The number of hydrogen-bond acceptors (Lipinski definition) is 7. The highest BCUT2D eigenvalue weighted by atomic mass is 32.1. The van der Waals surface area contributed by atoms with E-state index < -0.39 is 5.60 Å². The molecule has 2 aliphatic rings. The van der Waals surface area contributed by atoms with E-state index in [1.165, 1.54) is 15.9 Å². The Labute approximate surface area is 216 Å². The van der Waals surface area contributed by atoms with Crippen molar-refractivity contribution in [3.63, 3.8) is 0 Å². The summed E-state index contributed by atoms with van der Waals surface area (Å²) in [6.07, 6.45) is 2.60. The molecule has 2 aromatic heterocycles. The Balaban J connectivity index is 1.10. The summed E-state index contributed by atoms with van der Waals surface area (Å²) in [5.41, 5.74) is 3.38. The summed E-state index contributed by atoms with van der Waals surface area (Å²) in [5, 5.41) is 9.09. The predicted octanol–water partition coefficient (Wildman–Crippen LogP) is 3.18. The molecule has 1 unspecified atom stereocenters. The Morgan fingerprint density at radius 1 is 1.19 bits per heavy atom. The van der Waals surface area contributed by atoms with Crippen LogP contribution < -0.4 is 16.2 Å². The maximum Gasteiger partial charge on any atom is 0.258 e. The van der Waals surface area contributed by atoms with Gasteiger partial charge in [0.1, 0.15) is 5.60 Å². The van der Waals surface area contributed by atoms with Crippen LogP contribution in [0.25, 0.3) is 22.0 Å². The van der Waals surface area contributed by atoms with Gasteiger partial charge in [-0.1, -0.05) is 18.2 Å². The predicted molar refractivity (Wildman–Crippen MR) is 140 cm³/mol. The SMILES string of the molecule is Cn1ccc2ccc(-c3csc(NC(=O)CNC(=O)c4ccc5c(c4)C4(CCO4)COC5)n3)cc2c1=O. The van der Waals surface area contributed by atoms with Crippen molar-refractivity contribution in [3.8, 4) is 11.3 Å². The van der Waals surface area contributed by atoms with Crippen molar-refractivity contribution in [2.75, 3.05) is 25.1 Å². The Hall–Kier alpha value is -3.86. The van der Waals surface area contributed by atoms with E-state index in [4.69, 9.17) is 9.47 Å². The van der Waals surface area contributed by atoms with E-state index in [1.54, 1.807) is 19.3 Å². The number of nitrogens with one attached hydrogen (secondary N) is 2. The van der Waals surface area contributed by atoms with Gasteiger partial charge >= 0.3 is 0 Å².